The van der Waals surface area contributed by atoms with Gasteiger partial charge in [0.15, 0.2) is 5.13 Å². The van der Waals surface area contributed by atoms with E-state index in [2.05, 4.69) is 43.5 Å². The number of hydrogen-bond donors (Lipinski definition) is 1. The smallest absolute Gasteiger partial charge is 0.226 e. The minimum Gasteiger partial charge on any atom is -0.302 e. The van der Waals surface area contributed by atoms with Crippen molar-refractivity contribution in [3.05, 3.63) is 62.3 Å². The van der Waals surface area contributed by atoms with Gasteiger partial charge in [-0.25, -0.2) is 4.98 Å². The van der Waals surface area contributed by atoms with Gasteiger partial charge in [-0.15, -0.1) is 11.3 Å². The molecule has 0 spiro atoms. The molecule has 3 aromatic rings. The van der Waals surface area contributed by atoms with E-state index in [0.29, 0.717) is 18.0 Å². The normalized spacial score (nSPS) is 10.9. The third-order valence-corrected chi connectivity index (χ3v) is 5.79. The molecule has 26 heavy (non-hydrogen) atoms. The first-order chi connectivity index (χ1) is 12.4. The van der Waals surface area contributed by atoms with Gasteiger partial charge < -0.3 is 5.32 Å². The molecule has 7 heteroatoms. The first-order valence-electron chi connectivity index (χ1n) is 8.40. The van der Waals surface area contributed by atoms with Crippen molar-refractivity contribution >= 4 is 38.3 Å². The molecule has 0 atom stereocenters. The van der Waals surface area contributed by atoms with Gasteiger partial charge in [0, 0.05) is 41.1 Å². The monoisotopic (exact) mass is 432 g/mol. The number of nitrogens with zero attached hydrogens (tertiary/aromatic N) is 3. The molecular weight excluding hydrogens is 412 g/mol. The highest BCUT2D eigenvalue weighted by Crippen LogP contribution is 2.22. The number of halogens is 1. The molecule has 0 fully saturated rings. The Morgan fingerprint density at radius 2 is 2.00 bits per heavy atom. The summed E-state index contributed by atoms with van der Waals surface area (Å²) in [6, 6.07) is 8.23. The SMILES string of the molecule is Cc1nn(C)c(C)c1CCC(=O)Nc1ncc(Cc2ccc(Br)cc2)s1. The first-order valence-corrected chi connectivity index (χ1v) is 10.0. The number of amides is 1. The van der Waals surface area contributed by atoms with E-state index < -0.39 is 0 Å². The lowest BCUT2D eigenvalue weighted by Gasteiger charge is -2.03. The van der Waals surface area contributed by atoms with Crippen LogP contribution in [0.2, 0.25) is 0 Å². The van der Waals surface area contributed by atoms with Crippen LogP contribution in [0.3, 0.4) is 0 Å². The highest BCUT2D eigenvalue weighted by Gasteiger charge is 2.12. The van der Waals surface area contributed by atoms with Crippen LogP contribution in [0.15, 0.2) is 34.9 Å². The summed E-state index contributed by atoms with van der Waals surface area (Å²) < 4.78 is 2.93. The Morgan fingerprint density at radius 1 is 1.27 bits per heavy atom. The average molecular weight is 433 g/mol. The number of aryl methyl sites for hydroxylation is 2. The largest absolute Gasteiger partial charge is 0.302 e. The lowest BCUT2D eigenvalue weighted by molar-refractivity contribution is -0.116. The second-order valence-electron chi connectivity index (χ2n) is 6.26. The van der Waals surface area contributed by atoms with E-state index in [1.54, 1.807) is 0 Å². The fraction of sp³-hybridized carbons (Fsp3) is 0.316. The molecule has 0 saturated heterocycles. The molecule has 136 valence electrons. The van der Waals surface area contributed by atoms with E-state index in [9.17, 15) is 4.79 Å². The van der Waals surface area contributed by atoms with Crippen molar-refractivity contribution in [2.24, 2.45) is 7.05 Å². The molecule has 1 amide bonds. The predicted octanol–water partition coefficient (Wildman–Crippen LogP) is 4.42. The predicted molar refractivity (Wildman–Crippen MR) is 109 cm³/mol. The van der Waals surface area contributed by atoms with E-state index in [1.165, 1.54) is 16.9 Å². The number of hydrogen-bond acceptors (Lipinski definition) is 4. The lowest BCUT2D eigenvalue weighted by atomic mass is 10.1. The molecule has 0 unspecified atom stereocenters. The van der Waals surface area contributed by atoms with Gasteiger partial charge in [-0.1, -0.05) is 28.1 Å². The molecule has 2 heterocycles. The van der Waals surface area contributed by atoms with E-state index in [4.69, 9.17) is 0 Å². The number of nitrogens with one attached hydrogen (secondary N) is 1. The first kappa shape index (κ1) is 18.8. The third-order valence-electron chi connectivity index (χ3n) is 4.35. The minimum absolute atomic E-state index is 0.0165. The topological polar surface area (TPSA) is 59.8 Å². The van der Waals surface area contributed by atoms with Crippen LogP contribution < -0.4 is 5.32 Å². The second-order valence-corrected chi connectivity index (χ2v) is 8.29. The summed E-state index contributed by atoms with van der Waals surface area (Å²) in [4.78, 5) is 17.7. The van der Waals surface area contributed by atoms with Crippen LogP contribution in [0.5, 0.6) is 0 Å². The molecule has 3 rings (SSSR count). The van der Waals surface area contributed by atoms with Gasteiger partial charge >= 0.3 is 0 Å². The molecule has 0 aliphatic rings. The van der Waals surface area contributed by atoms with Crippen molar-refractivity contribution in [1.82, 2.24) is 14.8 Å². The van der Waals surface area contributed by atoms with Gasteiger partial charge in [-0.2, -0.15) is 5.10 Å². The van der Waals surface area contributed by atoms with Crippen LogP contribution in [-0.2, 0) is 24.7 Å². The average Bonchev–Trinajstić information content (AvgIpc) is 3.12. The Hall–Kier alpha value is -1.99. The maximum absolute atomic E-state index is 12.2. The number of carbonyl (C=O) groups excluding carboxylic acids is 1. The zero-order valence-electron chi connectivity index (χ0n) is 15.0. The molecule has 2 aromatic heterocycles. The second kappa shape index (κ2) is 8.14. The molecule has 0 bridgehead atoms. The van der Waals surface area contributed by atoms with Gasteiger partial charge in [-0.05, 0) is 43.5 Å². The lowest BCUT2D eigenvalue weighted by Crippen LogP contribution is -2.12. The maximum Gasteiger partial charge on any atom is 0.226 e. The summed E-state index contributed by atoms with van der Waals surface area (Å²) in [5.74, 6) is -0.0165. The van der Waals surface area contributed by atoms with Crippen LogP contribution >= 0.6 is 27.3 Å². The summed E-state index contributed by atoms with van der Waals surface area (Å²) in [6.45, 7) is 4.01. The van der Waals surface area contributed by atoms with Gasteiger partial charge in [0.05, 0.1) is 5.69 Å². The molecule has 1 aromatic carbocycles. The van der Waals surface area contributed by atoms with Crippen LogP contribution in [0, 0.1) is 13.8 Å². The van der Waals surface area contributed by atoms with Crippen molar-refractivity contribution in [3.63, 3.8) is 0 Å². The Bertz CT molecular complexity index is 914. The third kappa shape index (κ3) is 4.59. The maximum atomic E-state index is 12.2. The van der Waals surface area contributed by atoms with Gasteiger partial charge in [0.1, 0.15) is 0 Å². The van der Waals surface area contributed by atoms with Gasteiger partial charge in [-0.3, -0.25) is 9.48 Å². The summed E-state index contributed by atoms with van der Waals surface area (Å²) in [5.41, 5.74) is 4.47. The van der Waals surface area contributed by atoms with E-state index >= 15 is 0 Å². The summed E-state index contributed by atoms with van der Waals surface area (Å²) in [6.07, 6.45) is 3.76. The molecule has 5 nitrogen and oxygen atoms in total. The summed E-state index contributed by atoms with van der Waals surface area (Å²) >= 11 is 4.96. The highest BCUT2D eigenvalue weighted by molar-refractivity contribution is 9.10. The van der Waals surface area contributed by atoms with Crippen LogP contribution in [0.25, 0.3) is 0 Å². The Morgan fingerprint density at radius 3 is 2.65 bits per heavy atom. The van der Waals surface area contributed by atoms with Crippen LogP contribution in [0.1, 0.15) is 33.8 Å². The highest BCUT2D eigenvalue weighted by atomic mass is 79.9. The van der Waals surface area contributed by atoms with Gasteiger partial charge in [0.2, 0.25) is 5.91 Å². The van der Waals surface area contributed by atoms with Crippen molar-refractivity contribution in [2.45, 2.75) is 33.1 Å². The number of benzene rings is 1. The Labute approximate surface area is 165 Å². The fourth-order valence-electron chi connectivity index (χ4n) is 2.85. The van der Waals surface area contributed by atoms with Crippen molar-refractivity contribution in [3.8, 4) is 0 Å². The van der Waals surface area contributed by atoms with Crippen molar-refractivity contribution in [2.75, 3.05) is 5.32 Å². The molecule has 0 aliphatic carbocycles. The fourth-order valence-corrected chi connectivity index (χ4v) is 3.98. The molecule has 0 aliphatic heterocycles. The van der Waals surface area contributed by atoms with Crippen LogP contribution in [-0.4, -0.2) is 20.7 Å². The van der Waals surface area contributed by atoms with E-state index in [1.807, 2.05) is 43.9 Å². The zero-order valence-corrected chi connectivity index (χ0v) is 17.4. The quantitative estimate of drug-likeness (QED) is 0.626. The number of thiazole rings is 1. The van der Waals surface area contributed by atoms with E-state index in [-0.39, 0.29) is 5.91 Å². The number of aromatic nitrogens is 3. The molecule has 1 N–H and O–H groups in total. The summed E-state index contributed by atoms with van der Waals surface area (Å²) in [7, 11) is 1.93. The number of anilines is 1. The molecule has 0 radical (unpaired) electrons. The Kier molecular flexibility index (Phi) is 5.88. The molecule has 0 saturated carbocycles. The Balaban J connectivity index is 1.55. The standard InChI is InChI=1S/C19H21BrN4OS/c1-12-17(13(2)24(3)23-12)8-9-18(25)22-19-21-11-16(26-19)10-14-4-6-15(20)7-5-14/h4-7,11H,8-10H2,1-3H3,(H,21,22,25). The van der Waals surface area contributed by atoms with E-state index in [0.717, 1.165) is 32.7 Å². The molecular formula is C19H21BrN4OS. The zero-order chi connectivity index (χ0) is 18.7. The van der Waals surface area contributed by atoms with Crippen molar-refractivity contribution < 1.29 is 4.79 Å². The number of rotatable bonds is 6. The van der Waals surface area contributed by atoms with Crippen LogP contribution in [0.4, 0.5) is 5.13 Å². The van der Waals surface area contributed by atoms with Gasteiger partial charge in [0.25, 0.3) is 0 Å². The summed E-state index contributed by atoms with van der Waals surface area (Å²) in [5, 5.41) is 7.95. The number of carbonyl (C=O) groups is 1. The van der Waals surface area contributed by atoms with Crippen molar-refractivity contribution in [1.29, 1.82) is 0 Å². The minimum atomic E-state index is -0.0165.